The van der Waals surface area contributed by atoms with Gasteiger partial charge in [0.25, 0.3) is 11.5 Å². The molecule has 0 spiro atoms. The van der Waals surface area contributed by atoms with Crippen molar-refractivity contribution in [2.24, 2.45) is 7.05 Å². The van der Waals surface area contributed by atoms with Gasteiger partial charge in [0.1, 0.15) is 11.8 Å². The Balaban J connectivity index is 2.23. The van der Waals surface area contributed by atoms with Crippen LogP contribution < -0.4 is 15.6 Å². The first kappa shape index (κ1) is 20.5. The number of fused-ring (bicyclic) bond motifs is 1. The fourth-order valence-corrected chi connectivity index (χ4v) is 3.29. The molecule has 29 heavy (non-hydrogen) atoms. The average Bonchev–Trinajstić information content (AvgIpc) is 3.02. The van der Waals surface area contributed by atoms with Crippen LogP contribution in [0, 0.1) is 6.92 Å². The van der Waals surface area contributed by atoms with Gasteiger partial charge >= 0.3 is 6.18 Å². The summed E-state index contributed by atoms with van der Waals surface area (Å²) in [6.07, 6.45) is -1.61. The molecule has 0 radical (unpaired) electrons. The molecule has 0 bridgehead atoms. The third-order valence-electron chi connectivity index (χ3n) is 4.74. The molecule has 0 saturated carbocycles. The number of methoxy groups -OCH3 is 1. The van der Waals surface area contributed by atoms with Crippen molar-refractivity contribution in [3.05, 3.63) is 58.1 Å². The van der Waals surface area contributed by atoms with Crippen LogP contribution in [0.15, 0.2) is 41.5 Å². The predicted molar refractivity (Wildman–Crippen MR) is 103 cm³/mol. The smallest absolute Gasteiger partial charge is 0.408 e. The highest BCUT2D eigenvalue weighted by Gasteiger charge is 2.37. The molecule has 1 N–H and O–H groups in total. The standard InChI is InChI=1S/C20H20F3N3O3/c1-11-9-26(14-7-5-6-8-15(14)29-4)19(28)16-13(10-25(3)17(11)16)18(27)24-12(2)20(21,22)23/h5-10,12H,1-4H3,(H,24,27). The number of aryl methyl sites for hydroxylation is 2. The lowest BCUT2D eigenvalue weighted by Crippen LogP contribution is -2.43. The van der Waals surface area contributed by atoms with Gasteiger partial charge in [0, 0.05) is 19.4 Å². The molecular weight excluding hydrogens is 387 g/mol. The zero-order valence-corrected chi connectivity index (χ0v) is 16.3. The van der Waals surface area contributed by atoms with Crippen LogP contribution >= 0.6 is 0 Å². The number of para-hydroxylation sites is 2. The second kappa shape index (κ2) is 7.31. The third kappa shape index (κ3) is 3.59. The molecule has 2 aromatic heterocycles. The van der Waals surface area contributed by atoms with Crippen molar-refractivity contribution in [1.82, 2.24) is 14.5 Å². The highest BCUT2D eigenvalue weighted by molar-refractivity contribution is 6.07. The number of alkyl halides is 3. The van der Waals surface area contributed by atoms with E-state index < -0.39 is 23.7 Å². The maximum absolute atomic E-state index is 13.3. The molecular formula is C20H20F3N3O3. The average molecular weight is 407 g/mol. The van der Waals surface area contributed by atoms with E-state index in [9.17, 15) is 22.8 Å². The van der Waals surface area contributed by atoms with Crippen molar-refractivity contribution in [2.45, 2.75) is 26.1 Å². The first-order valence-corrected chi connectivity index (χ1v) is 8.78. The molecule has 1 atom stereocenters. The minimum atomic E-state index is -4.59. The summed E-state index contributed by atoms with van der Waals surface area (Å²) in [6.45, 7) is 2.61. The number of ether oxygens (including phenoxy) is 1. The van der Waals surface area contributed by atoms with Crippen molar-refractivity contribution in [1.29, 1.82) is 0 Å². The van der Waals surface area contributed by atoms with Gasteiger partial charge in [0.15, 0.2) is 0 Å². The second-order valence-electron chi connectivity index (χ2n) is 6.77. The molecule has 3 rings (SSSR count). The van der Waals surface area contributed by atoms with Crippen molar-refractivity contribution in [3.63, 3.8) is 0 Å². The minimum absolute atomic E-state index is 0.0466. The predicted octanol–water partition coefficient (Wildman–Crippen LogP) is 3.33. The van der Waals surface area contributed by atoms with Crippen molar-refractivity contribution >= 4 is 16.8 Å². The number of carbonyl (C=O) groups excluding carboxylic acids is 1. The van der Waals surface area contributed by atoms with Crippen molar-refractivity contribution in [3.8, 4) is 11.4 Å². The number of aromatic nitrogens is 2. The van der Waals surface area contributed by atoms with E-state index in [4.69, 9.17) is 4.74 Å². The Morgan fingerprint density at radius 3 is 2.48 bits per heavy atom. The summed E-state index contributed by atoms with van der Waals surface area (Å²) in [5.41, 5.74) is 0.974. The number of hydrogen-bond donors (Lipinski definition) is 1. The molecule has 1 aromatic carbocycles. The molecule has 1 unspecified atom stereocenters. The molecule has 0 aliphatic heterocycles. The molecule has 154 valence electrons. The number of pyridine rings is 1. The zero-order chi connectivity index (χ0) is 21.5. The van der Waals surface area contributed by atoms with Crippen LogP contribution in [-0.4, -0.2) is 34.4 Å². The van der Waals surface area contributed by atoms with Gasteiger partial charge in [-0.25, -0.2) is 0 Å². The fourth-order valence-electron chi connectivity index (χ4n) is 3.29. The van der Waals surface area contributed by atoms with E-state index in [1.54, 1.807) is 49.0 Å². The molecule has 6 nitrogen and oxygen atoms in total. The first-order valence-electron chi connectivity index (χ1n) is 8.78. The number of hydrogen-bond acceptors (Lipinski definition) is 3. The molecule has 0 aliphatic carbocycles. The van der Waals surface area contributed by atoms with E-state index in [1.807, 2.05) is 5.32 Å². The Bertz CT molecular complexity index is 1150. The summed E-state index contributed by atoms with van der Waals surface area (Å²) < 4.78 is 46.8. The fraction of sp³-hybridized carbons (Fsp3) is 0.300. The van der Waals surface area contributed by atoms with Gasteiger partial charge in [-0.05, 0) is 31.5 Å². The van der Waals surface area contributed by atoms with Gasteiger partial charge in [-0.1, -0.05) is 12.1 Å². The maximum atomic E-state index is 13.3. The van der Waals surface area contributed by atoms with Gasteiger partial charge in [-0.2, -0.15) is 13.2 Å². The Kier molecular flexibility index (Phi) is 5.16. The number of nitrogens with zero attached hydrogens (tertiary/aromatic N) is 2. The van der Waals surface area contributed by atoms with E-state index in [2.05, 4.69) is 0 Å². The Morgan fingerprint density at radius 1 is 1.21 bits per heavy atom. The number of rotatable bonds is 4. The lowest BCUT2D eigenvalue weighted by molar-refractivity contribution is -0.149. The number of carbonyl (C=O) groups is 1. The Hall–Kier alpha value is -3.23. The minimum Gasteiger partial charge on any atom is -0.495 e. The van der Waals surface area contributed by atoms with Gasteiger partial charge in [-0.3, -0.25) is 14.2 Å². The van der Waals surface area contributed by atoms with E-state index in [-0.39, 0.29) is 10.9 Å². The third-order valence-corrected chi connectivity index (χ3v) is 4.74. The molecule has 1 amide bonds. The summed E-state index contributed by atoms with van der Waals surface area (Å²) in [7, 11) is 3.10. The topological polar surface area (TPSA) is 65.3 Å². The molecule has 3 aromatic rings. The van der Waals surface area contributed by atoms with Crippen LogP contribution in [0.5, 0.6) is 5.75 Å². The lowest BCUT2D eigenvalue weighted by Gasteiger charge is -2.17. The van der Waals surface area contributed by atoms with Gasteiger partial charge in [0.05, 0.1) is 29.3 Å². The first-order chi connectivity index (χ1) is 13.6. The van der Waals surface area contributed by atoms with Crippen LogP contribution in [0.1, 0.15) is 22.8 Å². The molecule has 2 heterocycles. The van der Waals surface area contributed by atoms with E-state index in [0.29, 0.717) is 22.5 Å². The van der Waals surface area contributed by atoms with Gasteiger partial charge in [0.2, 0.25) is 0 Å². The second-order valence-corrected chi connectivity index (χ2v) is 6.77. The van der Waals surface area contributed by atoms with Crippen LogP contribution in [0.2, 0.25) is 0 Å². The normalized spacial score (nSPS) is 12.8. The summed E-state index contributed by atoms with van der Waals surface area (Å²) in [6, 6.07) is 4.79. The summed E-state index contributed by atoms with van der Waals surface area (Å²) in [5.74, 6) is -0.518. The summed E-state index contributed by atoms with van der Waals surface area (Å²) in [4.78, 5) is 25.8. The van der Waals surface area contributed by atoms with Crippen LogP contribution in [0.4, 0.5) is 13.2 Å². The number of amides is 1. The van der Waals surface area contributed by atoms with Crippen LogP contribution in [0.25, 0.3) is 16.6 Å². The van der Waals surface area contributed by atoms with E-state index in [1.165, 1.54) is 17.9 Å². The monoisotopic (exact) mass is 407 g/mol. The number of benzene rings is 1. The molecule has 0 aliphatic rings. The zero-order valence-electron chi connectivity index (χ0n) is 16.3. The number of halogens is 3. The largest absolute Gasteiger partial charge is 0.495 e. The maximum Gasteiger partial charge on any atom is 0.408 e. The van der Waals surface area contributed by atoms with Gasteiger partial charge < -0.3 is 14.6 Å². The molecule has 0 fully saturated rings. The van der Waals surface area contributed by atoms with Crippen LogP contribution in [-0.2, 0) is 7.05 Å². The summed E-state index contributed by atoms with van der Waals surface area (Å²) >= 11 is 0. The quantitative estimate of drug-likeness (QED) is 0.722. The number of nitrogens with one attached hydrogen (secondary N) is 1. The summed E-state index contributed by atoms with van der Waals surface area (Å²) in [5, 5.41) is 1.97. The Morgan fingerprint density at radius 2 is 1.86 bits per heavy atom. The Labute approximate surface area is 164 Å². The van der Waals surface area contributed by atoms with Crippen LogP contribution in [0.3, 0.4) is 0 Å². The van der Waals surface area contributed by atoms with Crippen molar-refractivity contribution in [2.75, 3.05) is 7.11 Å². The van der Waals surface area contributed by atoms with Gasteiger partial charge in [-0.15, -0.1) is 0 Å². The van der Waals surface area contributed by atoms with E-state index in [0.717, 1.165) is 6.92 Å². The lowest BCUT2D eigenvalue weighted by atomic mass is 10.1. The molecule has 9 heteroatoms. The van der Waals surface area contributed by atoms with Crippen molar-refractivity contribution < 1.29 is 22.7 Å². The molecule has 0 saturated heterocycles. The SMILES string of the molecule is COc1ccccc1-n1cc(C)c2c(c(C(=O)NC(C)C(F)(F)F)cn2C)c1=O. The highest BCUT2D eigenvalue weighted by atomic mass is 19.4. The highest BCUT2D eigenvalue weighted by Crippen LogP contribution is 2.26. The van der Waals surface area contributed by atoms with E-state index >= 15 is 0 Å².